The number of hydrogen-bond donors (Lipinski definition) is 2. The molecule has 1 aliphatic rings. The Morgan fingerprint density at radius 1 is 1.32 bits per heavy atom. The Labute approximate surface area is 112 Å². The second-order valence-electron chi connectivity index (χ2n) is 5.59. The Kier molecular flexibility index (Phi) is 3.06. The van der Waals surface area contributed by atoms with Crippen molar-refractivity contribution in [3.05, 3.63) is 17.8 Å². The Morgan fingerprint density at radius 3 is 2.32 bits per heavy atom. The molecular weight excluding hydrogens is 247 g/mol. The minimum atomic E-state index is -1.10. The standard InChI is InChI=1S/C12H17BN2O4/c1-11(2)12(3,4)19-13(18-11)9-5-7(10(16)17)8(14)6-15-9/h5-6H,14H2,1-4H3,(H,16,17). The summed E-state index contributed by atoms with van der Waals surface area (Å²) in [6, 6.07) is 1.39. The zero-order valence-electron chi connectivity index (χ0n) is 11.4. The van der Waals surface area contributed by atoms with E-state index in [1.54, 1.807) is 0 Å². The fourth-order valence-corrected chi connectivity index (χ4v) is 1.76. The monoisotopic (exact) mass is 264 g/mol. The maximum absolute atomic E-state index is 11.1. The van der Waals surface area contributed by atoms with Crippen molar-refractivity contribution in [1.82, 2.24) is 4.98 Å². The average Bonchev–Trinajstić information content (AvgIpc) is 2.48. The van der Waals surface area contributed by atoms with Gasteiger partial charge in [0.1, 0.15) is 0 Å². The molecule has 0 saturated carbocycles. The van der Waals surface area contributed by atoms with Gasteiger partial charge in [0, 0.05) is 0 Å². The van der Waals surface area contributed by atoms with Crippen LogP contribution in [0.15, 0.2) is 12.3 Å². The number of carboxylic acid groups (broad SMARTS) is 1. The van der Waals surface area contributed by atoms with E-state index in [1.165, 1.54) is 12.3 Å². The molecule has 0 bridgehead atoms. The molecule has 2 heterocycles. The minimum Gasteiger partial charge on any atom is -0.478 e. The van der Waals surface area contributed by atoms with Crippen LogP contribution in [-0.4, -0.2) is 34.4 Å². The average molecular weight is 264 g/mol. The number of anilines is 1. The largest absolute Gasteiger partial charge is 0.514 e. The number of carbonyl (C=O) groups is 1. The molecule has 1 aliphatic heterocycles. The fourth-order valence-electron chi connectivity index (χ4n) is 1.76. The molecule has 1 aromatic rings. The Balaban J connectivity index is 2.35. The van der Waals surface area contributed by atoms with Crippen molar-refractivity contribution in [2.45, 2.75) is 38.9 Å². The molecule has 0 aliphatic carbocycles. The van der Waals surface area contributed by atoms with E-state index in [0.717, 1.165) is 0 Å². The maximum Gasteiger partial charge on any atom is 0.514 e. The molecule has 0 radical (unpaired) electrons. The van der Waals surface area contributed by atoms with E-state index in [1.807, 2.05) is 27.7 Å². The lowest BCUT2D eigenvalue weighted by Gasteiger charge is -2.32. The lowest BCUT2D eigenvalue weighted by Crippen LogP contribution is -2.41. The Hall–Kier alpha value is -1.60. The summed E-state index contributed by atoms with van der Waals surface area (Å²) < 4.78 is 11.6. The zero-order valence-corrected chi connectivity index (χ0v) is 11.4. The van der Waals surface area contributed by atoms with Gasteiger partial charge in [0.25, 0.3) is 0 Å². The highest BCUT2D eigenvalue weighted by atomic mass is 16.7. The molecule has 0 aromatic carbocycles. The van der Waals surface area contributed by atoms with E-state index in [2.05, 4.69) is 4.98 Å². The predicted molar refractivity (Wildman–Crippen MR) is 71.3 cm³/mol. The second-order valence-corrected chi connectivity index (χ2v) is 5.59. The summed E-state index contributed by atoms with van der Waals surface area (Å²) in [6.45, 7) is 7.68. The Morgan fingerprint density at radius 2 is 1.84 bits per heavy atom. The first kappa shape index (κ1) is 13.8. The number of hydrogen-bond acceptors (Lipinski definition) is 5. The lowest BCUT2D eigenvalue weighted by molar-refractivity contribution is 0.00578. The molecule has 1 aromatic heterocycles. The number of carboxylic acids is 1. The van der Waals surface area contributed by atoms with Crippen LogP contribution in [-0.2, 0) is 9.31 Å². The first-order valence-corrected chi connectivity index (χ1v) is 5.98. The van der Waals surface area contributed by atoms with Gasteiger partial charge in [0.05, 0.1) is 34.2 Å². The molecule has 3 N–H and O–H groups in total. The second kappa shape index (κ2) is 4.21. The van der Waals surface area contributed by atoms with Crippen molar-refractivity contribution >= 4 is 24.4 Å². The summed E-state index contributed by atoms with van der Waals surface area (Å²) >= 11 is 0. The fraction of sp³-hybridized carbons (Fsp3) is 0.500. The molecule has 0 unspecified atom stereocenters. The zero-order chi connectivity index (χ0) is 14.4. The van der Waals surface area contributed by atoms with Crippen molar-refractivity contribution in [1.29, 1.82) is 0 Å². The molecule has 1 saturated heterocycles. The van der Waals surface area contributed by atoms with Crippen molar-refractivity contribution in [2.75, 3.05) is 5.73 Å². The molecule has 1 fully saturated rings. The van der Waals surface area contributed by atoms with Crippen LogP contribution in [0.3, 0.4) is 0 Å². The summed E-state index contributed by atoms with van der Waals surface area (Å²) in [5, 5.41) is 9.05. The summed E-state index contributed by atoms with van der Waals surface area (Å²) in [5.41, 5.74) is 5.10. The number of nitrogens with zero attached hydrogens (tertiary/aromatic N) is 1. The first-order valence-electron chi connectivity index (χ1n) is 5.98. The molecule has 0 atom stereocenters. The van der Waals surface area contributed by atoms with E-state index in [4.69, 9.17) is 20.1 Å². The van der Waals surface area contributed by atoms with Gasteiger partial charge in [-0.3, -0.25) is 4.98 Å². The van der Waals surface area contributed by atoms with Crippen LogP contribution in [0.5, 0.6) is 0 Å². The molecule has 102 valence electrons. The summed E-state index contributed by atoms with van der Waals surface area (Å²) in [6.07, 6.45) is 1.31. The highest BCUT2D eigenvalue weighted by Crippen LogP contribution is 2.36. The van der Waals surface area contributed by atoms with Crippen LogP contribution in [0.4, 0.5) is 5.69 Å². The van der Waals surface area contributed by atoms with Gasteiger partial charge in [-0.25, -0.2) is 4.79 Å². The van der Waals surface area contributed by atoms with Crippen LogP contribution in [0, 0.1) is 0 Å². The first-order chi connectivity index (χ1) is 8.64. The quantitative estimate of drug-likeness (QED) is 0.762. The number of nitrogens with two attached hydrogens (primary N) is 1. The van der Waals surface area contributed by atoms with Gasteiger partial charge in [0.2, 0.25) is 0 Å². The van der Waals surface area contributed by atoms with Gasteiger partial charge in [-0.15, -0.1) is 0 Å². The van der Waals surface area contributed by atoms with E-state index in [0.29, 0.717) is 5.59 Å². The number of nitrogen functional groups attached to an aromatic ring is 1. The molecular formula is C12H17BN2O4. The molecule has 6 nitrogen and oxygen atoms in total. The van der Waals surface area contributed by atoms with Crippen molar-refractivity contribution in [3.8, 4) is 0 Å². The number of aromatic carboxylic acids is 1. The molecule has 19 heavy (non-hydrogen) atoms. The smallest absolute Gasteiger partial charge is 0.478 e. The summed E-state index contributed by atoms with van der Waals surface area (Å²) in [5.74, 6) is -1.10. The van der Waals surface area contributed by atoms with Crippen molar-refractivity contribution in [3.63, 3.8) is 0 Å². The predicted octanol–water partition coefficient (Wildman–Crippen LogP) is 0.661. The van der Waals surface area contributed by atoms with Gasteiger partial charge in [0.15, 0.2) is 0 Å². The van der Waals surface area contributed by atoms with Crippen LogP contribution in [0.2, 0.25) is 0 Å². The third-order valence-corrected chi connectivity index (χ3v) is 3.68. The summed E-state index contributed by atoms with van der Waals surface area (Å²) in [4.78, 5) is 15.2. The normalized spacial score (nSPS) is 20.5. The third-order valence-electron chi connectivity index (χ3n) is 3.68. The van der Waals surface area contributed by atoms with E-state index in [-0.39, 0.29) is 11.3 Å². The van der Waals surface area contributed by atoms with Gasteiger partial charge in [-0.2, -0.15) is 0 Å². The summed E-state index contributed by atoms with van der Waals surface area (Å²) in [7, 11) is -0.691. The van der Waals surface area contributed by atoms with Crippen LogP contribution >= 0.6 is 0 Å². The van der Waals surface area contributed by atoms with Crippen molar-refractivity contribution < 1.29 is 19.2 Å². The van der Waals surface area contributed by atoms with Gasteiger partial charge in [-0.1, -0.05) is 0 Å². The lowest BCUT2D eigenvalue weighted by atomic mass is 9.83. The number of rotatable bonds is 2. The molecule has 0 amide bonds. The van der Waals surface area contributed by atoms with Crippen molar-refractivity contribution in [2.24, 2.45) is 0 Å². The number of pyridine rings is 1. The molecule has 2 rings (SSSR count). The molecule has 7 heteroatoms. The van der Waals surface area contributed by atoms with Crippen LogP contribution < -0.4 is 11.3 Å². The Bertz CT molecular complexity index is 514. The topological polar surface area (TPSA) is 94.7 Å². The van der Waals surface area contributed by atoms with Crippen LogP contribution in [0.1, 0.15) is 38.1 Å². The minimum absolute atomic E-state index is 0.000266. The highest BCUT2D eigenvalue weighted by Gasteiger charge is 2.52. The van der Waals surface area contributed by atoms with Gasteiger partial charge in [-0.05, 0) is 33.8 Å². The highest BCUT2D eigenvalue weighted by molar-refractivity contribution is 6.61. The number of aromatic nitrogens is 1. The van der Waals surface area contributed by atoms with Crippen LogP contribution in [0.25, 0.3) is 0 Å². The van der Waals surface area contributed by atoms with E-state index >= 15 is 0 Å². The SMILES string of the molecule is CC1(C)OB(c2cc(C(=O)O)c(N)cn2)OC1(C)C. The van der Waals surface area contributed by atoms with Gasteiger partial charge >= 0.3 is 13.1 Å². The maximum atomic E-state index is 11.1. The van der Waals surface area contributed by atoms with E-state index < -0.39 is 24.3 Å². The third kappa shape index (κ3) is 2.31. The van der Waals surface area contributed by atoms with E-state index in [9.17, 15) is 4.79 Å². The molecule has 0 spiro atoms. The van der Waals surface area contributed by atoms with Gasteiger partial charge < -0.3 is 20.1 Å².